The van der Waals surface area contributed by atoms with Crippen molar-refractivity contribution < 1.29 is 18.4 Å². The van der Waals surface area contributed by atoms with Gasteiger partial charge in [0.05, 0.1) is 17.8 Å². The minimum absolute atomic E-state index is 0.284. The van der Waals surface area contributed by atoms with Crippen molar-refractivity contribution in [3.05, 3.63) is 23.5 Å². The fraction of sp³-hybridized carbons (Fsp3) is 0.600. The quantitative estimate of drug-likeness (QED) is 0.797. The van der Waals surface area contributed by atoms with E-state index in [1.54, 1.807) is 13.0 Å². The lowest BCUT2D eigenvalue weighted by Crippen LogP contribution is -2.41. The van der Waals surface area contributed by atoms with Gasteiger partial charge in [-0.3, -0.25) is 0 Å². The van der Waals surface area contributed by atoms with Gasteiger partial charge in [0.15, 0.2) is 0 Å². The normalized spacial score (nSPS) is 20.2. The Hall–Kier alpha value is -1.07. The molecule has 0 atom stereocenters. The Balaban J connectivity index is 2.41. The van der Waals surface area contributed by atoms with Crippen LogP contribution in [0.4, 0.5) is 4.39 Å². The molecule has 0 radical (unpaired) electrons. The van der Waals surface area contributed by atoms with E-state index in [9.17, 15) is 4.39 Å². The molecule has 0 amide bonds. The molecule has 1 aromatic carbocycles. The number of halogens is 1. The Morgan fingerprint density at radius 3 is 2.20 bits per heavy atom. The first kappa shape index (κ1) is 15.3. The fourth-order valence-corrected chi connectivity index (χ4v) is 2.12. The van der Waals surface area contributed by atoms with Crippen LogP contribution in [0.25, 0.3) is 0 Å². The van der Waals surface area contributed by atoms with E-state index in [2.05, 4.69) is 0 Å². The zero-order chi connectivity index (χ0) is 15.1. The topological polar surface area (TPSA) is 27.7 Å². The van der Waals surface area contributed by atoms with E-state index in [1.807, 2.05) is 34.6 Å². The molecule has 1 aliphatic heterocycles. The molecule has 1 fully saturated rings. The van der Waals surface area contributed by atoms with Crippen LogP contribution >= 0.6 is 0 Å². The Morgan fingerprint density at radius 2 is 1.70 bits per heavy atom. The summed E-state index contributed by atoms with van der Waals surface area (Å²) in [4.78, 5) is 0. The van der Waals surface area contributed by atoms with Gasteiger partial charge >= 0.3 is 7.12 Å². The van der Waals surface area contributed by atoms with Crippen molar-refractivity contribution in [2.45, 2.75) is 52.7 Å². The number of hydrogen-bond donors (Lipinski definition) is 0. The second-order valence-electron chi connectivity index (χ2n) is 6.16. The Kier molecular flexibility index (Phi) is 3.86. The van der Waals surface area contributed by atoms with Gasteiger partial charge in [-0.2, -0.15) is 0 Å². The zero-order valence-electron chi connectivity index (χ0n) is 13.0. The predicted molar refractivity (Wildman–Crippen MR) is 78.0 cm³/mol. The van der Waals surface area contributed by atoms with E-state index >= 15 is 0 Å². The summed E-state index contributed by atoms with van der Waals surface area (Å²) in [7, 11) is -0.541. The summed E-state index contributed by atoms with van der Waals surface area (Å²) in [6.07, 6.45) is 0. The van der Waals surface area contributed by atoms with Gasteiger partial charge in [0, 0.05) is 11.5 Å². The summed E-state index contributed by atoms with van der Waals surface area (Å²) in [5.74, 6) is 0.197. The average Bonchev–Trinajstić information content (AvgIpc) is 2.53. The molecule has 0 saturated carbocycles. The van der Waals surface area contributed by atoms with E-state index in [0.717, 1.165) is 5.46 Å². The van der Waals surface area contributed by atoms with E-state index in [0.29, 0.717) is 17.9 Å². The van der Waals surface area contributed by atoms with Crippen LogP contribution in [-0.4, -0.2) is 24.9 Å². The van der Waals surface area contributed by atoms with Crippen LogP contribution in [0.1, 0.15) is 40.2 Å². The Bertz CT molecular complexity index is 498. The zero-order valence-corrected chi connectivity index (χ0v) is 13.0. The molecule has 2 rings (SSSR count). The van der Waals surface area contributed by atoms with Gasteiger partial charge in [-0.05, 0) is 47.1 Å². The third-order valence-electron chi connectivity index (χ3n) is 4.10. The molecule has 1 aliphatic rings. The van der Waals surface area contributed by atoms with E-state index in [1.165, 1.54) is 6.07 Å². The first-order chi connectivity index (χ1) is 9.18. The fourth-order valence-electron chi connectivity index (χ4n) is 2.12. The number of aryl methyl sites for hydroxylation is 1. The first-order valence-corrected chi connectivity index (χ1v) is 6.96. The van der Waals surface area contributed by atoms with Gasteiger partial charge in [-0.15, -0.1) is 0 Å². The molecule has 0 bridgehead atoms. The molecule has 0 unspecified atom stereocenters. The standard InChI is InChI=1S/C15H22BFO3/c1-7-18-13-9-12(17)10(2)8-11(13)16-19-14(3,4)15(5,6)20-16/h8-9H,7H2,1-6H3. The maximum atomic E-state index is 13.7. The van der Waals surface area contributed by atoms with Crippen LogP contribution in [0, 0.1) is 12.7 Å². The van der Waals surface area contributed by atoms with E-state index < -0.39 is 18.3 Å². The molecular formula is C15H22BFO3. The monoisotopic (exact) mass is 280 g/mol. The molecule has 110 valence electrons. The van der Waals surface area contributed by atoms with Gasteiger partial charge < -0.3 is 14.0 Å². The maximum absolute atomic E-state index is 13.7. The molecule has 1 saturated heterocycles. The summed E-state index contributed by atoms with van der Waals surface area (Å²) in [5, 5.41) is 0. The minimum atomic E-state index is -0.541. The molecule has 0 aromatic heterocycles. The summed E-state index contributed by atoms with van der Waals surface area (Å²) < 4.78 is 31.2. The molecule has 0 aliphatic carbocycles. The van der Waals surface area contributed by atoms with Crippen molar-refractivity contribution in [1.29, 1.82) is 0 Å². The van der Waals surface area contributed by atoms with Crippen LogP contribution in [0.5, 0.6) is 5.75 Å². The van der Waals surface area contributed by atoms with Crippen LogP contribution in [0.3, 0.4) is 0 Å². The maximum Gasteiger partial charge on any atom is 0.498 e. The number of hydrogen-bond acceptors (Lipinski definition) is 3. The van der Waals surface area contributed by atoms with Crippen molar-refractivity contribution in [2.24, 2.45) is 0 Å². The highest BCUT2D eigenvalue weighted by Gasteiger charge is 2.52. The van der Waals surface area contributed by atoms with Crippen LogP contribution in [-0.2, 0) is 9.31 Å². The second-order valence-corrected chi connectivity index (χ2v) is 6.16. The largest absolute Gasteiger partial charge is 0.498 e. The molecule has 20 heavy (non-hydrogen) atoms. The van der Waals surface area contributed by atoms with Gasteiger partial charge in [-0.25, -0.2) is 4.39 Å². The summed E-state index contributed by atoms with van der Waals surface area (Å²) in [6.45, 7) is 12.0. The van der Waals surface area contributed by atoms with Gasteiger partial charge in [-0.1, -0.05) is 6.07 Å². The molecule has 5 heteroatoms. The lowest BCUT2D eigenvalue weighted by molar-refractivity contribution is 0.00578. The highest BCUT2D eigenvalue weighted by molar-refractivity contribution is 6.63. The van der Waals surface area contributed by atoms with Crippen LogP contribution in [0.15, 0.2) is 12.1 Å². The molecule has 0 N–H and O–H groups in total. The SMILES string of the molecule is CCOc1cc(F)c(C)cc1B1OC(C)(C)C(C)(C)O1. The number of benzene rings is 1. The van der Waals surface area contributed by atoms with Crippen LogP contribution < -0.4 is 10.2 Å². The molecule has 1 heterocycles. The van der Waals surface area contributed by atoms with Crippen molar-refractivity contribution in [3.63, 3.8) is 0 Å². The van der Waals surface area contributed by atoms with Crippen molar-refractivity contribution >= 4 is 12.6 Å². The average molecular weight is 280 g/mol. The third-order valence-corrected chi connectivity index (χ3v) is 4.10. The number of ether oxygens (including phenoxy) is 1. The predicted octanol–water partition coefficient (Wildman–Crippen LogP) is 2.83. The second kappa shape index (κ2) is 5.04. The van der Waals surface area contributed by atoms with Gasteiger partial charge in [0.2, 0.25) is 0 Å². The van der Waals surface area contributed by atoms with E-state index in [-0.39, 0.29) is 5.82 Å². The minimum Gasteiger partial charge on any atom is -0.494 e. The van der Waals surface area contributed by atoms with Gasteiger partial charge in [0.1, 0.15) is 11.6 Å². The lowest BCUT2D eigenvalue weighted by Gasteiger charge is -2.32. The summed E-state index contributed by atoms with van der Waals surface area (Å²) in [6, 6.07) is 3.14. The highest BCUT2D eigenvalue weighted by Crippen LogP contribution is 2.37. The summed E-state index contributed by atoms with van der Waals surface area (Å²) in [5.41, 5.74) is 0.440. The van der Waals surface area contributed by atoms with Crippen molar-refractivity contribution in [1.82, 2.24) is 0 Å². The Morgan fingerprint density at radius 1 is 1.15 bits per heavy atom. The number of rotatable bonds is 3. The summed E-state index contributed by atoms with van der Waals surface area (Å²) >= 11 is 0. The van der Waals surface area contributed by atoms with Crippen LogP contribution in [0.2, 0.25) is 0 Å². The molecular weight excluding hydrogens is 258 g/mol. The highest BCUT2D eigenvalue weighted by atomic mass is 19.1. The first-order valence-electron chi connectivity index (χ1n) is 6.96. The van der Waals surface area contributed by atoms with Gasteiger partial charge in [0.25, 0.3) is 0 Å². The van der Waals surface area contributed by atoms with Crippen molar-refractivity contribution in [3.8, 4) is 5.75 Å². The smallest absolute Gasteiger partial charge is 0.494 e. The van der Waals surface area contributed by atoms with E-state index in [4.69, 9.17) is 14.0 Å². The molecule has 1 aromatic rings. The third kappa shape index (κ3) is 2.57. The Labute approximate surface area is 120 Å². The lowest BCUT2D eigenvalue weighted by atomic mass is 9.77. The van der Waals surface area contributed by atoms with Crippen molar-refractivity contribution in [2.75, 3.05) is 6.61 Å². The molecule has 3 nitrogen and oxygen atoms in total. The molecule has 0 spiro atoms.